The lowest BCUT2D eigenvalue weighted by Crippen LogP contribution is -1.95. The zero-order valence-electron chi connectivity index (χ0n) is 13.3. The Morgan fingerprint density at radius 1 is 1.45 bits per heavy atom. The van der Waals surface area contributed by atoms with E-state index in [4.69, 9.17) is 5.53 Å². The fraction of sp³-hybridized carbons (Fsp3) is 0.353. The molecule has 1 aliphatic rings. The second-order valence-corrected chi connectivity index (χ2v) is 4.73. The Balaban J connectivity index is 2.64. The molecule has 0 bridgehead atoms. The minimum absolute atomic E-state index is 0.200. The monoisotopic (exact) mass is 297 g/mol. The summed E-state index contributed by atoms with van der Waals surface area (Å²) in [6.07, 6.45) is 15.2. The molecule has 0 spiro atoms. The molecule has 0 saturated carbocycles. The summed E-state index contributed by atoms with van der Waals surface area (Å²) in [4.78, 5) is 4.18. The van der Waals surface area contributed by atoms with E-state index in [0.29, 0.717) is 5.57 Å². The summed E-state index contributed by atoms with van der Waals surface area (Å²) in [6.45, 7) is 8.03. The maximum Gasteiger partial charge on any atom is 0.202 e. The molecule has 0 unspecified atom stereocenters. The van der Waals surface area contributed by atoms with Crippen LogP contribution >= 0.6 is 0 Å². The van der Waals surface area contributed by atoms with Crippen LogP contribution in [0.1, 0.15) is 39.5 Å². The predicted molar refractivity (Wildman–Crippen MR) is 93.8 cm³/mol. The zero-order valence-corrected chi connectivity index (χ0v) is 13.3. The Morgan fingerprint density at radius 3 is 2.86 bits per heavy atom. The molecule has 1 aliphatic heterocycles. The topological polar surface area (TPSA) is 73.3 Å². The van der Waals surface area contributed by atoms with E-state index in [-0.39, 0.29) is 5.84 Å². The summed E-state index contributed by atoms with van der Waals surface area (Å²) < 4.78 is 0. The number of hydrogen-bond acceptors (Lipinski definition) is 4. The van der Waals surface area contributed by atoms with Crippen molar-refractivity contribution in [3.05, 3.63) is 47.7 Å². The van der Waals surface area contributed by atoms with Gasteiger partial charge in [-0.1, -0.05) is 43.4 Å². The van der Waals surface area contributed by atoms with E-state index < -0.39 is 0 Å². The summed E-state index contributed by atoms with van der Waals surface area (Å²) >= 11 is 0. The minimum atomic E-state index is 0.200. The van der Waals surface area contributed by atoms with Crippen molar-refractivity contribution in [2.75, 3.05) is 0 Å². The second kappa shape index (κ2) is 10.3. The molecular formula is C17H23N5. The molecule has 116 valence electrons. The minimum Gasteiger partial charge on any atom is -0.260 e. The predicted octanol–water partition coefficient (Wildman–Crippen LogP) is 5.01. The van der Waals surface area contributed by atoms with Crippen molar-refractivity contribution < 1.29 is 0 Å². The van der Waals surface area contributed by atoms with Crippen LogP contribution in [0.25, 0.3) is 0 Å². The van der Waals surface area contributed by atoms with Gasteiger partial charge in [-0.25, -0.2) is 5.53 Å². The molecule has 0 saturated heterocycles. The number of hydrogen-bond donors (Lipinski definition) is 1. The zero-order chi connectivity index (χ0) is 16.2. The van der Waals surface area contributed by atoms with Gasteiger partial charge in [0.15, 0.2) is 0 Å². The number of nitrogens with one attached hydrogen (secondary N) is 1. The van der Waals surface area contributed by atoms with Gasteiger partial charge in [0.05, 0.1) is 11.9 Å². The standard InChI is InChI=1S/C17H23N5/c1-4-15(5-2)10-8-9-14(3)17(21-18)22-20-13-16-11-6-7-12-19-16/h4,8-9,11-13,18H,3,5-7,10H2,1-2H3. The van der Waals surface area contributed by atoms with E-state index in [1.54, 1.807) is 6.21 Å². The molecule has 5 heteroatoms. The van der Waals surface area contributed by atoms with Gasteiger partial charge in [0, 0.05) is 11.8 Å². The molecule has 0 aliphatic carbocycles. The van der Waals surface area contributed by atoms with E-state index in [2.05, 4.69) is 39.9 Å². The summed E-state index contributed by atoms with van der Waals surface area (Å²) in [7, 11) is 0. The molecule has 0 fully saturated rings. The maximum absolute atomic E-state index is 7.18. The highest BCUT2D eigenvalue weighted by Crippen LogP contribution is 2.09. The Morgan fingerprint density at radius 2 is 2.27 bits per heavy atom. The lowest BCUT2D eigenvalue weighted by Gasteiger charge is -2.00. The molecule has 22 heavy (non-hydrogen) atoms. The van der Waals surface area contributed by atoms with Crippen LogP contribution in [0.4, 0.5) is 0 Å². The first-order chi connectivity index (χ1) is 10.7. The quantitative estimate of drug-likeness (QED) is 0.171. The molecule has 0 aromatic carbocycles. The highest BCUT2D eigenvalue weighted by atomic mass is 15.3. The summed E-state index contributed by atoms with van der Waals surface area (Å²) in [5.74, 6) is 0.200. The average molecular weight is 297 g/mol. The molecule has 0 atom stereocenters. The number of nitrogens with zero attached hydrogens (tertiary/aromatic N) is 4. The molecular weight excluding hydrogens is 274 g/mol. The van der Waals surface area contributed by atoms with Gasteiger partial charge >= 0.3 is 0 Å². The van der Waals surface area contributed by atoms with Crippen LogP contribution < -0.4 is 0 Å². The number of allylic oxidation sites excluding steroid dienone is 5. The van der Waals surface area contributed by atoms with E-state index in [1.165, 1.54) is 5.57 Å². The highest BCUT2D eigenvalue weighted by Gasteiger charge is 2.00. The van der Waals surface area contributed by atoms with E-state index in [1.807, 2.05) is 31.4 Å². The van der Waals surface area contributed by atoms with Gasteiger partial charge in [0.1, 0.15) is 0 Å². The molecule has 5 nitrogen and oxygen atoms in total. The van der Waals surface area contributed by atoms with Gasteiger partial charge in [0.2, 0.25) is 5.84 Å². The van der Waals surface area contributed by atoms with Gasteiger partial charge in [-0.05, 0) is 32.6 Å². The van der Waals surface area contributed by atoms with Gasteiger partial charge in [-0.15, -0.1) is 10.2 Å². The van der Waals surface area contributed by atoms with Gasteiger partial charge in [-0.2, -0.15) is 5.10 Å². The number of amidine groups is 1. The van der Waals surface area contributed by atoms with Crippen molar-refractivity contribution in [3.8, 4) is 0 Å². The van der Waals surface area contributed by atoms with Gasteiger partial charge in [0.25, 0.3) is 0 Å². The third-order valence-corrected chi connectivity index (χ3v) is 3.19. The fourth-order valence-electron chi connectivity index (χ4n) is 1.81. The summed E-state index contributed by atoms with van der Waals surface area (Å²) in [5, 5.41) is 11.2. The maximum atomic E-state index is 7.18. The fourth-order valence-corrected chi connectivity index (χ4v) is 1.81. The smallest absolute Gasteiger partial charge is 0.202 e. The molecule has 0 amide bonds. The van der Waals surface area contributed by atoms with E-state index >= 15 is 0 Å². The molecule has 0 aromatic heterocycles. The first-order valence-corrected chi connectivity index (χ1v) is 7.42. The van der Waals surface area contributed by atoms with Crippen molar-refractivity contribution in [1.29, 1.82) is 5.53 Å². The second-order valence-electron chi connectivity index (χ2n) is 4.73. The number of rotatable bonds is 7. The highest BCUT2D eigenvalue weighted by molar-refractivity contribution is 6.00. The molecule has 1 rings (SSSR count). The molecule has 1 N–H and O–H groups in total. The molecule has 0 aromatic rings. The van der Waals surface area contributed by atoms with E-state index in [9.17, 15) is 0 Å². The Hall–Kier alpha value is -2.43. The van der Waals surface area contributed by atoms with Gasteiger partial charge in [-0.3, -0.25) is 4.99 Å². The van der Waals surface area contributed by atoms with E-state index in [0.717, 1.165) is 31.4 Å². The van der Waals surface area contributed by atoms with Crippen molar-refractivity contribution in [1.82, 2.24) is 0 Å². The third-order valence-electron chi connectivity index (χ3n) is 3.19. The van der Waals surface area contributed by atoms with Crippen molar-refractivity contribution in [2.24, 2.45) is 20.3 Å². The first kappa shape index (κ1) is 17.6. The van der Waals surface area contributed by atoms with Crippen LogP contribution in [0.5, 0.6) is 0 Å². The van der Waals surface area contributed by atoms with Crippen LogP contribution in [0.3, 0.4) is 0 Å². The van der Waals surface area contributed by atoms with Crippen molar-refractivity contribution in [3.63, 3.8) is 0 Å². The van der Waals surface area contributed by atoms with Crippen LogP contribution in [-0.2, 0) is 0 Å². The number of aliphatic imine (C=N–C) groups is 1. The normalized spacial score (nSPS) is 16.4. The lowest BCUT2D eigenvalue weighted by atomic mass is 10.1. The van der Waals surface area contributed by atoms with Crippen molar-refractivity contribution >= 4 is 18.3 Å². The van der Waals surface area contributed by atoms with Crippen LogP contribution in [0.15, 0.2) is 68.0 Å². The van der Waals surface area contributed by atoms with Crippen LogP contribution in [0.2, 0.25) is 0 Å². The largest absolute Gasteiger partial charge is 0.260 e. The molecule has 1 heterocycles. The third kappa shape index (κ3) is 6.35. The first-order valence-electron chi connectivity index (χ1n) is 7.42. The lowest BCUT2D eigenvalue weighted by molar-refractivity contribution is 1.02. The Kier molecular flexibility index (Phi) is 8.27. The van der Waals surface area contributed by atoms with Crippen LogP contribution in [-0.4, -0.2) is 18.3 Å². The molecule has 0 radical (unpaired) electrons. The summed E-state index contributed by atoms with van der Waals surface area (Å²) in [5.41, 5.74) is 9.88. The van der Waals surface area contributed by atoms with Crippen molar-refractivity contribution in [2.45, 2.75) is 39.5 Å². The summed E-state index contributed by atoms with van der Waals surface area (Å²) in [6, 6.07) is 0. The SMILES string of the molecule is C=C(C=CCC(=CC)CC)C(N=N)=NN=CC1=CCCC=N1. The Labute approximate surface area is 132 Å². The average Bonchev–Trinajstić information content (AvgIpc) is 2.56. The van der Waals surface area contributed by atoms with Crippen LogP contribution in [0, 0.1) is 5.53 Å². The van der Waals surface area contributed by atoms with Gasteiger partial charge < -0.3 is 0 Å². The Bertz CT molecular complexity index is 574.